The standard InChI is InChI=1S/C17H24N2OS/c1-5-13-16(14-7-6-10-21-14)15(17(18)20)12(4)19(13)9-8-11(2)3/h6-7,10-11H,5,8-9H2,1-4H3,(H2,18,20). The molecule has 21 heavy (non-hydrogen) atoms. The van der Waals surface area contributed by atoms with E-state index in [1.807, 2.05) is 18.4 Å². The molecule has 2 rings (SSSR count). The molecule has 0 aliphatic carbocycles. The molecule has 0 saturated carbocycles. The molecule has 0 unspecified atom stereocenters. The molecule has 0 bridgehead atoms. The molecule has 2 aromatic heterocycles. The number of hydrogen-bond donors (Lipinski definition) is 1. The van der Waals surface area contributed by atoms with Gasteiger partial charge in [0.15, 0.2) is 0 Å². The summed E-state index contributed by atoms with van der Waals surface area (Å²) in [5, 5.41) is 2.04. The number of thiophene rings is 1. The molecule has 0 atom stereocenters. The van der Waals surface area contributed by atoms with Crippen molar-refractivity contribution in [2.75, 3.05) is 0 Å². The molecule has 0 aliphatic rings. The molecule has 0 fully saturated rings. The first-order chi connectivity index (χ1) is 9.97. The number of nitrogens with zero attached hydrogens (tertiary/aromatic N) is 1. The number of rotatable bonds is 6. The molecule has 0 spiro atoms. The van der Waals surface area contributed by atoms with Crippen molar-refractivity contribution in [1.82, 2.24) is 4.57 Å². The van der Waals surface area contributed by atoms with Crippen LogP contribution in [0, 0.1) is 12.8 Å². The summed E-state index contributed by atoms with van der Waals surface area (Å²) in [5.41, 5.74) is 9.63. The van der Waals surface area contributed by atoms with Crippen LogP contribution in [0.25, 0.3) is 10.4 Å². The smallest absolute Gasteiger partial charge is 0.251 e. The van der Waals surface area contributed by atoms with Crippen molar-refractivity contribution in [2.24, 2.45) is 11.7 Å². The summed E-state index contributed by atoms with van der Waals surface area (Å²) in [7, 11) is 0. The molecule has 2 aromatic rings. The average Bonchev–Trinajstić information content (AvgIpc) is 3.01. The second kappa shape index (κ2) is 6.48. The van der Waals surface area contributed by atoms with Gasteiger partial charge in [-0.1, -0.05) is 26.8 Å². The molecule has 2 N–H and O–H groups in total. The highest BCUT2D eigenvalue weighted by Gasteiger charge is 2.24. The van der Waals surface area contributed by atoms with Crippen LogP contribution in [-0.2, 0) is 13.0 Å². The van der Waals surface area contributed by atoms with Gasteiger partial charge in [-0.2, -0.15) is 0 Å². The van der Waals surface area contributed by atoms with Gasteiger partial charge in [0.05, 0.1) is 5.56 Å². The lowest BCUT2D eigenvalue weighted by Gasteiger charge is -2.13. The summed E-state index contributed by atoms with van der Waals surface area (Å²) < 4.78 is 2.29. The van der Waals surface area contributed by atoms with Crippen LogP contribution in [0.1, 0.15) is 48.9 Å². The lowest BCUT2D eigenvalue weighted by atomic mass is 10.1. The van der Waals surface area contributed by atoms with E-state index in [9.17, 15) is 4.79 Å². The predicted octanol–water partition coefficient (Wildman–Crippen LogP) is 4.23. The molecule has 2 heterocycles. The second-order valence-corrected chi connectivity index (χ2v) is 6.76. The summed E-state index contributed by atoms with van der Waals surface area (Å²) in [4.78, 5) is 13.1. The first-order valence-electron chi connectivity index (χ1n) is 7.53. The molecule has 0 saturated heterocycles. The van der Waals surface area contributed by atoms with Crippen LogP contribution in [0.4, 0.5) is 0 Å². The fourth-order valence-electron chi connectivity index (χ4n) is 2.84. The Morgan fingerprint density at radius 3 is 2.62 bits per heavy atom. The minimum atomic E-state index is -0.325. The summed E-state index contributed by atoms with van der Waals surface area (Å²) in [6.45, 7) is 9.54. The van der Waals surface area contributed by atoms with Crippen LogP contribution in [-0.4, -0.2) is 10.5 Å². The van der Waals surface area contributed by atoms with Gasteiger partial charge < -0.3 is 10.3 Å². The van der Waals surface area contributed by atoms with Crippen LogP contribution in [0.3, 0.4) is 0 Å². The minimum absolute atomic E-state index is 0.325. The molecule has 114 valence electrons. The number of aromatic nitrogens is 1. The van der Waals surface area contributed by atoms with Gasteiger partial charge in [-0.05, 0) is 37.1 Å². The van der Waals surface area contributed by atoms with Crippen molar-refractivity contribution >= 4 is 17.2 Å². The Labute approximate surface area is 130 Å². The maximum atomic E-state index is 12.0. The fraction of sp³-hybridized carbons (Fsp3) is 0.471. The van der Waals surface area contributed by atoms with E-state index in [4.69, 9.17) is 5.73 Å². The van der Waals surface area contributed by atoms with Crippen LogP contribution in [0.5, 0.6) is 0 Å². The normalized spacial score (nSPS) is 11.3. The number of carbonyl (C=O) groups excluding carboxylic acids is 1. The van der Waals surface area contributed by atoms with Gasteiger partial charge in [0, 0.05) is 28.4 Å². The lowest BCUT2D eigenvalue weighted by Crippen LogP contribution is -2.13. The van der Waals surface area contributed by atoms with E-state index < -0.39 is 0 Å². The van der Waals surface area contributed by atoms with Gasteiger partial charge in [0.25, 0.3) is 5.91 Å². The van der Waals surface area contributed by atoms with E-state index >= 15 is 0 Å². The van der Waals surface area contributed by atoms with Crippen molar-refractivity contribution in [3.63, 3.8) is 0 Å². The molecular formula is C17H24N2OS. The van der Waals surface area contributed by atoms with Crippen molar-refractivity contribution in [1.29, 1.82) is 0 Å². The van der Waals surface area contributed by atoms with E-state index in [2.05, 4.69) is 31.4 Å². The van der Waals surface area contributed by atoms with E-state index in [-0.39, 0.29) is 5.91 Å². The van der Waals surface area contributed by atoms with Crippen molar-refractivity contribution in [3.8, 4) is 10.4 Å². The summed E-state index contributed by atoms with van der Waals surface area (Å²) in [6, 6.07) is 4.09. The van der Waals surface area contributed by atoms with Crippen molar-refractivity contribution in [3.05, 3.63) is 34.5 Å². The monoisotopic (exact) mass is 304 g/mol. The summed E-state index contributed by atoms with van der Waals surface area (Å²) in [5.74, 6) is 0.313. The zero-order chi connectivity index (χ0) is 15.6. The minimum Gasteiger partial charge on any atom is -0.366 e. The Bertz CT molecular complexity index is 624. The Kier molecular flexibility index (Phi) is 4.88. The lowest BCUT2D eigenvalue weighted by molar-refractivity contribution is 0.1000. The quantitative estimate of drug-likeness (QED) is 0.853. The maximum Gasteiger partial charge on any atom is 0.251 e. The van der Waals surface area contributed by atoms with Gasteiger partial charge in [-0.15, -0.1) is 11.3 Å². The first kappa shape index (κ1) is 15.8. The van der Waals surface area contributed by atoms with Crippen LogP contribution in [0.2, 0.25) is 0 Å². The zero-order valence-corrected chi connectivity index (χ0v) is 14.1. The summed E-state index contributed by atoms with van der Waals surface area (Å²) in [6.07, 6.45) is 2.00. The highest BCUT2D eigenvalue weighted by molar-refractivity contribution is 7.13. The third-order valence-corrected chi connectivity index (χ3v) is 4.80. The average molecular weight is 304 g/mol. The highest BCUT2D eigenvalue weighted by atomic mass is 32.1. The molecule has 0 radical (unpaired) electrons. The maximum absolute atomic E-state index is 12.0. The van der Waals surface area contributed by atoms with E-state index in [1.165, 1.54) is 5.69 Å². The van der Waals surface area contributed by atoms with Crippen LogP contribution in [0.15, 0.2) is 17.5 Å². The van der Waals surface area contributed by atoms with Crippen LogP contribution >= 0.6 is 11.3 Å². The number of carbonyl (C=O) groups is 1. The van der Waals surface area contributed by atoms with Crippen molar-refractivity contribution < 1.29 is 4.79 Å². The van der Waals surface area contributed by atoms with E-state index in [0.29, 0.717) is 11.5 Å². The molecule has 4 heteroatoms. The number of primary amides is 1. The van der Waals surface area contributed by atoms with E-state index in [1.54, 1.807) is 11.3 Å². The first-order valence-corrected chi connectivity index (χ1v) is 8.40. The van der Waals surface area contributed by atoms with Crippen molar-refractivity contribution in [2.45, 2.75) is 47.1 Å². The van der Waals surface area contributed by atoms with Gasteiger partial charge in [-0.3, -0.25) is 4.79 Å². The van der Waals surface area contributed by atoms with E-state index in [0.717, 1.165) is 35.5 Å². The third kappa shape index (κ3) is 3.05. The number of amides is 1. The molecule has 3 nitrogen and oxygen atoms in total. The molecule has 0 aromatic carbocycles. The highest BCUT2D eigenvalue weighted by Crippen LogP contribution is 2.36. The SMILES string of the molecule is CCc1c(-c2cccs2)c(C(N)=O)c(C)n1CCC(C)C. The Hall–Kier alpha value is -1.55. The van der Waals surface area contributed by atoms with Gasteiger partial charge in [-0.25, -0.2) is 0 Å². The fourth-order valence-corrected chi connectivity index (χ4v) is 3.64. The summed E-state index contributed by atoms with van der Waals surface area (Å²) >= 11 is 1.66. The number of hydrogen-bond acceptors (Lipinski definition) is 2. The molecule has 1 amide bonds. The number of nitrogens with two attached hydrogens (primary N) is 1. The zero-order valence-electron chi connectivity index (χ0n) is 13.3. The second-order valence-electron chi connectivity index (χ2n) is 5.81. The Morgan fingerprint density at radius 1 is 1.43 bits per heavy atom. The molecular weight excluding hydrogens is 280 g/mol. The van der Waals surface area contributed by atoms with Gasteiger partial charge in [0.2, 0.25) is 0 Å². The van der Waals surface area contributed by atoms with Crippen LogP contribution < -0.4 is 5.73 Å². The predicted molar refractivity (Wildman–Crippen MR) is 89.8 cm³/mol. The Balaban J connectivity index is 2.62. The van der Waals surface area contributed by atoms with Gasteiger partial charge in [0.1, 0.15) is 0 Å². The third-order valence-electron chi connectivity index (χ3n) is 3.91. The molecule has 0 aliphatic heterocycles. The van der Waals surface area contributed by atoms with Gasteiger partial charge >= 0.3 is 0 Å². The largest absolute Gasteiger partial charge is 0.366 e. The Morgan fingerprint density at radius 2 is 2.14 bits per heavy atom. The topological polar surface area (TPSA) is 48.0 Å².